The largest absolute Gasteiger partial charge is 0.222 e. The maximum Gasteiger partial charge on any atom is 0.160 e. The molecular weight excluding hydrogens is 398 g/mol. The van der Waals surface area contributed by atoms with Crippen LogP contribution in [0.5, 0.6) is 0 Å². The van der Waals surface area contributed by atoms with Crippen molar-refractivity contribution in [2.75, 3.05) is 0 Å². The van der Waals surface area contributed by atoms with Crippen LogP contribution in [0.25, 0.3) is 0 Å². The third-order valence-corrected chi connectivity index (χ3v) is 6.67. The Morgan fingerprint density at radius 3 is 2.00 bits per heavy atom. The van der Waals surface area contributed by atoms with Crippen molar-refractivity contribution in [1.82, 2.24) is 4.98 Å². The Kier molecular flexibility index (Phi) is 8.92. The number of aromatic nitrogens is 1. The average Bonchev–Trinajstić information content (AvgIpc) is 2.75. The lowest BCUT2D eigenvalue weighted by atomic mass is 9.79. The standard InChI is InChI=1S/C16H27Br2NS/c1-4-6-8-10-12-16(3,11-9-7-5-2)13-14(17)19-15(18)20-13/h4-12H2,1-3H3. The zero-order valence-corrected chi connectivity index (χ0v) is 17.0. The van der Waals surface area contributed by atoms with Crippen molar-refractivity contribution in [2.24, 2.45) is 0 Å². The van der Waals surface area contributed by atoms with Crippen LogP contribution in [0.15, 0.2) is 8.52 Å². The number of hydrogen-bond acceptors (Lipinski definition) is 2. The summed E-state index contributed by atoms with van der Waals surface area (Å²) in [6.45, 7) is 6.98. The fraction of sp³-hybridized carbons (Fsp3) is 0.812. The highest BCUT2D eigenvalue weighted by Crippen LogP contribution is 2.43. The van der Waals surface area contributed by atoms with E-state index in [-0.39, 0.29) is 5.41 Å². The van der Waals surface area contributed by atoms with E-state index in [1.165, 1.54) is 62.7 Å². The first kappa shape index (κ1) is 18.6. The van der Waals surface area contributed by atoms with Gasteiger partial charge in [0.25, 0.3) is 0 Å². The highest BCUT2D eigenvalue weighted by molar-refractivity contribution is 9.11. The Hall–Kier alpha value is 0.590. The van der Waals surface area contributed by atoms with E-state index in [1.807, 2.05) is 0 Å². The number of nitrogens with zero attached hydrogens (tertiary/aromatic N) is 1. The molecular formula is C16H27Br2NS. The minimum absolute atomic E-state index is 0.283. The topological polar surface area (TPSA) is 12.9 Å². The number of hydrogen-bond donors (Lipinski definition) is 0. The summed E-state index contributed by atoms with van der Waals surface area (Å²) in [6.07, 6.45) is 11.9. The molecule has 116 valence electrons. The van der Waals surface area contributed by atoms with E-state index in [1.54, 1.807) is 11.3 Å². The van der Waals surface area contributed by atoms with Gasteiger partial charge in [-0.15, -0.1) is 11.3 Å². The molecule has 0 radical (unpaired) electrons. The summed E-state index contributed by atoms with van der Waals surface area (Å²) in [6, 6.07) is 0. The lowest BCUT2D eigenvalue weighted by Crippen LogP contribution is -2.21. The second-order valence-corrected chi connectivity index (χ2v) is 8.94. The van der Waals surface area contributed by atoms with Crippen molar-refractivity contribution in [2.45, 2.75) is 84.0 Å². The summed E-state index contributed by atoms with van der Waals surface area (Å²) in [5.74, 6) is 0. The summed E-state index contributed by atoms with van der Waals surface area (Å²) in [7, 11) is 0. The molecule has 0 aliphatic rings. The van der Waals surface area contributed by atoms with Gasteiger partial charge in [0, 0.05) is 10.3 Å². The quantitative estimate of drug-likeness (QED) is 0.354. The van der Waals surface area contributed by atoms with E-state index in [2.05, 4.69) is 57.6 Å². The molecule has 1 aromatic rings. The van der Waals surface area contributed by atoms with Crippen LogP contribution in [-0.4, -0.2) is 4.98 Å². The van der Waals surface area contributed by atoms with Crippen molar-refractivity contribution in [3.63, 3.8) is 0 Å². The lowest BCUT2D eigenvalue weighted by Gasteiger charge is -2.29. The molecule has 1 atom stereocenters. The van der Waals surface area contributed by atoms with Crippen LogP contribution in [0.3, 0.4) is 0 Å². The molecule has 0 N–H and O–H groups in total. The Morgan fingerprint density at radius 2 is 1.50 bits per heavy atom. The molecule has 0 bridgehead atoms. The first-order chi connectivity index (χ1) is 9.53. The summed E-state index contributed by atoms with van der Waals surface area (Å²) in [5, 5.41) is 0. The molecule has 0 fully saturated rings. The molecule has 0 aliphatic heterocycles. The van der Waals surface area contributed by atoms with Crippen molar-refractivity contribution >= 4 is 43.2 Å². The van der Waals surface area contributed by atoms with E-state index in [0.717, 1.165) is 8.52 Å². The predicted molar refractivity (Wildman–Crippen MR) is 97.8 cm³/mol. The second kappa shape index (κ2) is 9.58. The average molecular weight is 425 g/mol. The SMILES string of the molecule is CCCCCCC(C)(CCCCC)c1sc(Br)nc1Br. The van der Waals surface area contributed by atoms with E-state index < -0.39 is 0 Å². The summed E-state index contributed by atoms with van der Waals surface area (Å²) < 4.78 is 2.04. The van der Waals surface area contributed by atoms with Crippen LogP contribution in [0.1, 0.15) is 83.4 Å². The summed E-state index contributed by atoms with van der Waals surface area (Å²) in [4.78, 5) is 5.93. The Morgan fingerprint density at radius 1 is 0.950 bits per heavy atom. The molecule has 0 saturated heterocycles. The number of unbranched alkanes of at least 4 members (excludes halogenated alkanes) is 5. The second-order valence-electron chi connectivity index (χ2n) is 5.92. The molecule has 1 unspecified atom stereocenters. The third-order valence-electron chi connectivity index (χ3n) is 4.02. The fourth-order valence-electron chi connectivity index (χ4n) is 2.71. The van der Waals surface area contributed by atoms with Gasteiger partial charge in [0.1, 0.15) is 4.60 Å². The van der Waals surface area contributed by atoms with Crippen molar-refractivity contribution in [3.05, 3.63) is 13.4 Å². The van der Waals surface area contributed by atoms with Gasteiger partial charge < -0.3 is 0 Å². The Labute approximate surface area is 145 Å². The molecule has 20 heavy (non-hydrogen) atoms. The van der Waals surface area contributed by atoms with Crippen LogP contribution < -0.4 is 0 Å². The number of thiazole rings is 1. The van der Waals surface area contributed by atoms with Gasteiger partial charge in [0.2, 0.25) is 0 Å². The molecule has 0 aliphatic carbocycles. The van der Waals surface area contributed by atoms with Gasteiger partial charge >= 0.3 is 0 Å². The molecule has 1 nitrogen and oxygen atoms in total. The van der Waals surface area contributed by atoms with E-state index in [9.17, 15) is 0 Å². The molecule has 4 heteroatoms. The molecule has 0 amide bonds. The van der Waals surface area contributed by atoms with Crippen molar-refractivity contribution < 1.29 is 0 Å². The smallest absolute Gasteiger partial charge is 0.160 e. The van der Waals surface area contributed by atoms with Crippen LogP contribution >= 0.6 is 43.2 Å². The maximum atomic E-state index is 4.50. The predicted octanol–water partition coefficient (Wildman–Crippen LogP) is 7.48. The minimum atomic E-state index is 0.283. The van der Waals surface area contributed by atoms with Crippen LogP contribution in [0, 0.1) is 0 Å². The summed E-state index contributed by atoms with van der Waals surface area (Å²) >= 11 is 8.98. The monoisotopic (exact) mass is 423 g/mol. The van der Waals surface area contributed by atoms with Gasteiger partial charge in [-0.3, -0.25) is 0 Å². The van der Waals surface area contributed by atoms with Gasteiger partial charge in [-0.05, 0) is 44.7 Å². The van der Waals surface area contributed by atoms with E-state index in [4.69, 9.17) is 0 Å². The fourth-order valence-corrected chi connectivity index (χ4v) is 5.51. The maximum absolute atomic E-state index is 4.50. The van der Waals surface area contributed by atoms with Gasteiger partial charge in [0.05, 0.1) is 0 Å². The molecule has 0 saturated carbocycles. The zero-order chi connectivity index (χ0) is 15.0. The molecule has 1 heterocycles. The minimum Gasteiger partial charge on any atom is -0.222 e. The number of halogens is 2. The van der Waals surface area contributed by atoms with Crippen molar-refractivity contribution in [1.29, 1.82) is 0 Å². The van der Waals surface area contributed by atoms with E-state index >= 15 is 0 Å². The summed E-state index contributed by atoms with van der Waals surface area (Å²) in [5.41, 5.74) is 0.283. The van der Waals surface area contributed by atoms with Gasteiger partial charge in [-0.25, -0.2) is 4.98 Å². The van der Waals surface area contributed by atoms with Gasteiger partial charge in [-0.2, -0.15) is 0 Å². The first-order valence-corrected chi connectivity index (χ1v) is 10.3. The van der Waals surface area contributed by atoms with Crippen molar-refractivity contribution in [3.8, 4) is 0 Å². The Bertz CT molecular complexity index is 392. The van der Waals surface area contributed by atoms with Crippen LogP contribution in [-0.2, 0) is 5.41 Å². The molecule has 0 spiro atoms. The highest BCUT2D eigenvalue weighted by atomic mass is 79.9. The third kappa shape index (κ3) is 5.76. The zero-order valence-electron chi connectivity index (χ0n) is 13.0. The molecule has 0 aromatic carbocycles. The van der Waals surface area contributed by atoms with Crippen LogP contribution in [0.4, 0.5) is 0 Å². The van der Waals surface area contributed by atoms with Gasteiger partial charge in [0.15, 0.2) is 3.92 Å². The molecule has 1 aromatic heterocycles. The Balaban J connectivity index is 2.74. The molecule has 1 rings (SSSR count). The van der Waals surface area contributed by atoms with E-state index in [0.29, 0.717) is 0 Å². The lowest BCUT2D eigenvalue weighted by molar-refractivity contribution is 0.370. The van der Waals surface area contributed by atoms with Gasteiger partial charge in [-0.1, -0.05) is 65.7 Å². The number of rotatable bonds is 10. The van der Waals surface area contributed by atoms with Crippen LogP contribution in [0.2, 0.25) is 0 Å². The first-order valence-electron chi connectivity index (χ1n) is 7.85. The highest BCUT2D eigenvalue weighted by Gasteiger charge is 2.30. The normalized spacial score (nSPS) is 14.4.